The van der Waals surface area contributed by atoms with Gasteiger partial charge in [0.2, 0.25) is 5.91 Å². The molecule has 0 aromatic heterocycles. The van der Waals surface area contributed by atoms with Crippen LogP contribution in [-0.2, 0) is 4.79 Å². The normalized spacial score (nSPS) is 19.7. The molecule has 0 radical (unpaired) electrons. The Kier molecular flexibility index (Phi) is 5.05. The maximum Gasteiger partial charge on any atom is 0.234 e. The van der Waals surface area contributed by atoms with Gasteiger partial charge in [0.25, 0.3) is 0 Å². The molecule has 88 valence electrons. The first-order valence-corrected chi connectivity index (χ1v) is 5.86. The fourth-order valence-corrected chi connectivity index (χ4v) is 2.54. The molecule has 0 saturated heterocycles. The van der Waals surface area contributed by atoms with E-state index in [-0.39, 0.29) is 18.6 Å². The van der Waals surface area contributed by atoms with Crippen LogP contribution >= 0.6 is 0 Å². The largest absolute Gasteiger partial charge is 0.395 e. The molecule has 1 saturated carbocycles. The molecule has 3 N–H and O–H groups in total. The van der Waals surface area contributed by atoms with E-state index >= 15 is 0 Å². The molecule has 1 aliphatic rings. The number of aliphatic hydroxyl groups excluding tert-OH is 1. The quantitative estimate of drug-likeness (QED) is 0.676. The van der Waals surface area contributed by atoms with E-state index in [0.29, 0.717) is 12.6 Å². The van der Waals surface area contributed by atoms with Crippen molar-refractivity contribution < 1.29 is 9.90 Å². The van der Waals surface area contributed by atoms with Gasteiger partial charge in [-0.05, 0) is 19.3 Å². The predicted molar refractivity (Wildman–Crippen MR) is 59.3 cm³/mol. The Labute approximate surface area is 91.4 Å². The number of carbonyl (C=O) groups is 1. The van der Waals surface area contributed by atoms with Gasteiger partial charge < -0.3 is 10.8 Å². The van der Waals surface area contributed by atoms with Crippen molar-refractivity contribution in [3.8, 4) is 0 Å². The molecule has 4 nitrogen and oxygen atoms in total. The number of hydrogen-bond donors (Lipinski definition) is 2. The summed E-state index contributed by atoms with van der Waals surface area (Å²) in [6.07, 6.45) is 5.43. The topological polar surface area (TPSA) is 66.6 Å². The molecule has 0 aromatic carbocycles. The van der Waals surface area contributed by atoms with Crippen LogP contribution < -0.4 is 5.73 Å². The number of nitrogens with zero attached hydrogens (tertiary/aromatic N) is 1. The average Bonchev–Trinajstić information content (AvgIpc) is 2.69. The number of aliphatic hydroxyl groups is 1. The second-order valence-corrected chi connectivity index (χ2v) is 4.23. The Balaban J connectivity index is 2.65. The summed E-state index contributed by atoms with van der Waals surface area (Å²) >= 11 is 0. The van der Waals surface area contributed by atoms with Crippen molar-refractivity contribution in [2.24, 2.45) is 5.73 Å². The van der Waals surface area contributed by atoms with Crippen molar-refractivity contribution in [2.75, 3.05) is 13.2 Å². The van der Waals surface area contributed by atoms with E-state index in [4.69, 9.17) is 10.8 Å². The molecular formula is C11H22N2O2. The Morgan fingerprint density at radius 2 is 2.13 bits per heavy atom. The van der Waals surface area contributed by atoms with E-state index < -0.39 is 0 Å². The summed E-state index contributed by atoms with van der Waals surface area (Å²) < 4.78 is 0. The van der Waals surface area contributed by atoms with Crippen LogP contribution in [0.4, 0.5) is 0 Å². The highest BCUT2D eigenvalue weighted by Gasteiger charge is 2.30. The second kappa shape index (κ2) is 6.08. The number of rotatable bonds is 6. The number of hydrogen-bond acceptors (Lipinski definition) is 3. The smallest absolute Gasteiger partial charge is 0.234 e. The highest BCUT2D eigenvalue weighted by molar-refractivity contribution is 5.79. The standard InChI is InChI=1S/C11H22N2O2/c1-2-10(11(12)15)13(7-8-14)9-5-3-4-6-9/h9-10,14H,2-8H2,1H3,(H2,12,15). The van der Waals surface area contributed by atoms with E-state index in [1.807, 2.05) is 6.92 Å². The van der Waals surface area contributed by atoms with Gasteiger partial charge in [-0.15, -0.1) is 0 Å². The van der Waals surface area contributed by atoms with Crippen molar-refractivity contribution in [3.05, 3.63) is 0 Å². The van der Waals surface area contributed by atoms with Gasteiger partial charge in [0.1, 0.15) is 0 Å². The van der Waals surface area contributed by atoms with Crippen LogP contribution in [0.5, 0.6) is 0 Å². The van der Waals surface area contributed by atoms with Crippen molar-refractivity contribution in [3.63, 3.8) is 0 Å². The van der Waals surface area contributed by atoms with Gasteiger partial charge in [0.05, 0.1) is 12.6 Å². The van der Waals surface area contributed by atoms with Crippen LogP contribution in [0.25, 0.3) is 0 Å². The zero-order valence-corrected chi connectivity index (χ0v) is 9.48. The van der Waals surface area contributed by atoms with Crippen LogP contribution in [0.2, 0.25) is 0 Å². The molecule has 1 amide bonds. The summed E-state index contributed by atoms with van der Waals surface area (Å²) in [6, 6.07) is 0.231. The lowest BCUT2D eigenvalue weighted by Crippen LogP contribution is -2.49. The molecule has 1 unspecified atom stereocenters. The molecule has 1 fully saturated rings. The fraction of sp³-hybridized carbons (Fsp3) is 0.909. The summed E-state index contributed by atoms with van der Waals surface area (Å²) in [6.45, 7) is 2.63. The van der Waals surface area contributed by atoms with Gasteiger partial charge in [-0.3, -0.25) is 9.69 Å². The van der Waals surface area contributed by atoms with E-state index in [1.165, 1.54) is 12.8 Å². The minimum absolute atomic E-state index is 0.0975. The van der Waals surface area contributed by atoms with Crippen LogP contribution in [0.1, 0.15) is 39.0 Å². The fourth-order valence-electron chi connectivity index (χ4n) is 2.54. The molecule has 15 heavy (non-hydrogen) atoms. The Morgan fingerprint density at radius 3 is 2.53 bits per heavy atom. The molecule has 1 atom stereocenters. The second-order valence-electron chi connectivity index (χ2n) is 4.23. The third-order valence-corrected chi connectivity index (χ3v) is 3.27. The highest BCUT2D eigenvalue weighted by Crippen LogP contribution is 2.25. The maximum absolute atomic E-state index is 11.3. The van der Waals surface area contributed by atoms with Crippen molar-refractivity contribution in [1.29, 1.82) is 0 Å². The van der Waals surface area contributed by atoms with Crippen LogP contribution in [0, 0.1) is 0 Å². The van der Waals surface area contributed by atoms with Crippen molar-refractivity contribution >= 4 is 5.91 Å². The molecule has 0 heterocycles. The monoisotopic (exact) mass is 214 g/mol. The van der Waals surface area contributed by atoms with Gasteiger partial charge in [-0.1, -0.05) is 19.8 Å². The zero-order chi connectivity index (χ0) is 11.3. The first-order chi connectivity index (χ1) is 7.20. The van der Waals surface area contributed by atoms with Crippen LogP contribution in [-0.4, -0.2) is 41.1 Å². The summed E-state index contributed by atoms with van der Waals surface area (Å²) in [5.41, 5.74) is 5.38. The lowest BCUT2D eigenvalue weighted by Gasteiger charge is -2.33. The minimum atomic E-state index is -0.266. The molecule has 0 bridgehead atoms. The van der Waals surface area contributed by atoms with Gasteiger partial charge in [-0.25, -0.2) is 0 Å². The lowest BCUT2D eigenvalue weighted by molar-refractivity contribution is -0.124. The first kappa shape index (κ1) is 12.5. The molecule has 0 aliphatic heterocycles. The van der Waals surface area contributed by atoms with E-state index in [2.05, 4.69) is 4.90 Å². The molecule has 0 aromatic rings. The Hall–Kier alpha value is -0.610. The van der Waals surface area contributed by atoms with Gasteiger partial charge in [-0.2, -0.15) is 0 Å². The van der Waals surface area contributed by atoms with E-state index in [0.717, 1.165) is 19.3 Å². The van der Waals surface area contributed by atoms with Crippen LogP contribution in [0.15, 0.2) is 0 Å². The Morgan fingerprint density at radius 1 is 1.53 bits per heavy atom. The summed E-state index contributed by atoms with van der Waals surface area (Å²) in [7, 11) is 0. The summed E-state index contributed by atoms with van der Waals surface area (Å²) in [5.74, 6) is -0.266. The van der Waals surface area contributed by atoms with Crippen LogP contribution in [0.3, 0.4) is 0 Å². The number of amides is 1. The third kappa shape index (κ3) is 3.18. The summed E-state index contributed by atoms with van der Waals surface area (Å²) in [4.78, 5) is 13.4. The summed E-state index contributed by atoms with van der Waals surface area (Å²) in [5, 5.41) is 9.03. The average molecular weight is 214 g/mol. The van der Waals surface area contributed by atoms with Gasteiger partial charge >= 0.3 is 0 Å². The number of nitrogens with two attached hydrogens (primary N) is 1. The van der Waals surface area contributed by atoms with E-state index in [1.54, 1.807) is 0 Å². The predicted octanol–water partition coefficient (Wildman–Crippen LogP) is 0.487. The molecule has 4 heteroatoms. The SMILES string of the molecule is CCC(C(N)=O)N(CCO)C1CCCC1. The maximum atomic E-state index is 11.3. The van der Waals surface area contributed by atoms with E-state index in [9.17, 15) is 4.79 Å². The first-order valence-electron chi connectivity index (χ1n) is 5.86. The van der Waals surface area contributed by atoms with Gasteiger partial charge in [0.15, 0.2) is 0 Å². The molecule has 1 aliphatic carbocycles. The highest BCUT2D eigenvalue weighted by atomic mass is 16.3. The third-order valence-electron chi connectivity index (χ3n) is 3.27. The minimum Gasteiger partial charge on any atom is -0.395 e. The van der Waals surface area contributed by atoms with Gasteiger partial charge in [0, 0.05) is 12.6 Å². The van der Waals surface area contributed by atoms with Crippen molar-refractivity contribution in [2.45, 2.75) is 51.1 Å². The molecule has 1 rings (SSSR count). The van der Waals surface area contributed by atoms with Crippen molar-refractivity contribution in [1.82, 2.24) is 4.90 Å². The Bertz CT molecular complexity index is 203. The zero-order valence-electron chi connectivity index (χ0n) is 9.48. The molecule has 0 spiro atoms. The number of carbonyl (C=O) groups excluding carboxylic acids is 1. The lowest BCUT2D eigenvalue weighted by atomic mass is 10.1. The number of primary amides is 1. The molecular weight excluding hydrogens is 192 g/mol.